The van der Waals surface area contributed by atoms with Gasteiger partial charge in [0, 0.05) is 37.7 Å². The number of carbonyl (C=O) groups is 1. The Bertz CT molecular complexity index is 1310. The molecule has 0 aliphatic carbocycles. The van der Waals surface area contributed by atoms with Gasteiger partial charge < -0.3 is 9.30 Å². The minimum absolute atomic E-state index is 0.291. The molecule has 0 spiro atoms. The molecule has 5 nitrogen and oxygen atoms in total. The van der Waals surface area contributed by atoms with Gasteiger partial charge in [0.1, 0.15) is 12.4 Å². The highest BCUT2D eigenvalue weighted by atomic mass is 79.9. The first-order valence-electron chi connectivity index (χ1n) is 10.7. The Morgan fingerprint density at radius 2 is 1.71 bits per heavy atom. The molecule has 0 aliphatic rings. The number of nitrogens with one attached hydrogen (secondary N) is 1. The van der Waals surface area contributed by atoms with Gasteiger partial charge in [0.15, 0.2) is 0 Å². The molecule has 0 saturated carbocycles. The molecule has 0 bridgehead atoms. The summed E-state index contributed by atoms with van der Waals surface area (Å²) < 4.78 is 9.10. The van der Waals surface area contributed by atoms with Crippen molar-refractivity contribution in [2.75, 3.05) is 0 Å². The van der Waals surface area contributed by atoms with Gasteiger partial charge in [-0.1, -0.05) is 39.7 Å². The van der Waals surface area contributed by atoms with Crippen molar-refractivity contribution in [2.24, 2.45) is 5.10 Å². The fourth-order valence-electron chi connectivity index (χ4n) is 3.58. The van der Waals surface area contributed by atoms with Crippen LogP contribution in [0.5, 0.6) is 5.75 Å². The van der Waals surface area contributed by atoms with Gasteiger partial charge in [-0.05, 0) is 86.1 Å². The van der Waals surface area contributed by atoms with E-state index in [4.69, 9.17) is 16.3 Å². The normalized spacial score (nSPS) is 11.1. The molecule has 1 N–H and O–H groups in total. The maximum Gasteiger partial charge on any atom is 0.271 e. The third-order valence-electron chi connectivity index (χ3n) is 5.36. The van der Waals surface area contributed by atoms with Crippen LogP contribution >= 0.6 is 27.5 Å². The minimum Gasteiger partial charge on any atom is -0.489 e. The number of ether oxygens (including phenoxy) is 1. The SMILES string of the molecule is Cc1cc(/C=N\NC(=O)c2ccc(Cl)cc2)c(C)n1-c1ccc(OCc2ccc(Br)cc2)cc1. The first-order valence-corrected chi connectivity index (χ1v) is 11.8. The quantitative estimate of drug-likeness (QED) is 0.207. The minimum atomic E-state index is -0.291. The van der Waals surface area contributed by atoms with Gasteiger partial charge in [-0.15, -0.1) is 0 Å². The van der Waals surface area contributed by atoms with Crippen LogP contribution in [0.2, 0.25) is 5.02 Å². The lowest BCUT2D eigenvalue weighted by molar-refractivity contribution is 0.0955. The fraction of sp³-hybridized carbons (Fsp3) is 0.111. The van der Waals surface area contributed by atoms with Crippen molar-refractivity contribution in [1.29, 1.82) is 0 Å². The number of carbonyl (C=O) groups excluding carboxylic acids is 1. The molecule has 172 valence electrons. The van der Waals surface area contributed by atoms with Crippen molar-refractivity contribution >= 4 is 39.7 Å². The van der Waals surface area contributed by atoms with Gasteiger partial charge in [-0.25, -0.2) is 5.43 Å². The molecule has 4 rings (SSSR count). The summed E-state index contributed by atoms with van der Waals surface area (Å²) in [6, 6.07) is 24.8. The number of rotatable bonds is 7. The van der Waals surface area contributed by atoms with Crippen molar-refractivity contribution in [3.8, 4) is 11.4 Å². The number of amides is 1. The Hall–Kier alpha value is -3.35. The summed E-state index contributed by atoms with van der Waals surface area (Å²) in [6.07, 6.45) is 1.66. The number of halogens is 2. The van der Waals surface area contributed by atoms with Gasteiger partial charge in [0.2, 0.25) is 0 Å². The van der Waals surface area contributed by atoms with E-state index in [1.165, 1.54) is 0 Å². The highest BCUT2D eigenvalue weighted by Gasteiger charge is 2.10. The fourth-order valence-corrected chi connectivity index (χ4v) is 3.97. The molecule has 1 amide bonds. The highest BCUT2D eigenvalue weighted by Crippen LogP contribution is 2.23. The monoisotopic (exact) mass is 535 g/mol. The molecular formula is C27H23BrClN3O2. The predicted molar refractivity (Wildman–Crippen MR) is 140 cm³/mol. The number of hydrazone groups is 1. The van der Waals surface area contributed by atoms with Crippen LogP contribution in [0.4, 0.5) is 0 Å². The second-order valence-corrected chi connectivity index (χ2v) is 9.13. The van der Waals surface area contributed by atoms with Crippen LogP contribution in [0, 0.1) is 13.8 Å². The molecule has 1 aromatic heterocycles. The zero-order chi connectivity index (χ0) is 24.1. The van der Waals surface area contributed by atoms with E-state index in [0.29, 0.717) is 17.2 Å². The zero-order valence-electron chi connectivity index (χ0n) is 18.8. The number of aromatic nitrogens is 1. The standard InChI is InChI=1S/C27H23BrClN3O2/c1-18-15-22(16-30-31-27(33)21-5-9-24(29)10-6-21)19(2)32(18)25-11-13-26(14-12-25)34-17-20-3-7-23(28)8-4-20/h3-16H,17H2,1-2H3,(H,31,33)/b30-16-. The molecule has 34 heavy (non-hydrogen) atoms. The molecule has 0 atom stereocenters. The summed E-state index contributed by atoms with van der Waals surface area (Å²) in [7, 11) is 0. The average molecular weight is 537 g/mol. The maximum absolute atomic E-state index is 12.2. The molecule has 1 heterocycles. The van der Waals surface area contributed by atoms with Crippen LogP contribution in [0.25, 0.3) is 5.69 Å². The van der Waals surface area contributed by atoms with Crippen LogP contribution in [0.3, 0.4) is 0 Å². The molecular weight excluding hydrogens is 514 g/mol. The van der Waals surface area contributed by atoms with E-state index in [2.05, 4.69) is 31.0 Å². The summed E-state index contributed by atoms with van der Waals surface area (Å²) in [5, 5.41) is 4.71. The van der Waals surface area contributed by atoms with Crippen LogP contribution in [0.1, 0.15) is 32.9 Å². The van der Waals surface area contributed by atoms with Gasteiger partial charge in [-0.3, -0.25) is 4.79 Å². The van der Waals surface area contributed by atoms with E-state index in [1.807, 2.05) is 68.4 Å². The van der Waals surface area contributed by atoms with Crippen molar-refractivity contribution in [2.45, 2.75) is 20.5 Å². The summed E-state index contributed by atoms with van der Waals surface area (Å²) >= 11 is 9.31. The van der Waals surface area contributed by atoms with Crippen LogP contribution in [-0.2, 0) is 6.61 Å². The van der Waals surface area contributed by atoms with E-state index < -0.39 is 0 Å². The van der Waals surface area contributed by atoms with E-state index in [9.17, 15) is 4.79 Å². The smallest absolute Gasteiger partial charge is 0.271 e. The van der Waals surface area contributed by atoms with Gasteiger partial charge in [0.05, 0.1) is 6.21 Å². The summed E-state index contributed by atoms with van der Waals surface area (Å²) in [4.78, 5) is 12.2. The van der Waals surface area contributed by atoms with Crippen LogP contribution < -0.4 is 10.2 Å². The Morgan fingerprint density at radius 1 is 1.03 bits per heavy atom. The van der Waals surface area contributed by atoms with Crippen molar-refractivity contribution in [1.82, 2.24) is 9.99 Å². The van der Waals surface area contributed by atoms with Crippen molar-refractivity contribution in [3.05, 3.63) is 116 Å². The molecule has 4 aromatic rings. The number of benzene rings is 3. The first-order chi connectivity index (χ1) is 16.4. The molecule has 0 radical (unpaired) electrons. The van der Waals surface area contributed by atoms with E-state index >= 15 is 0 Å². The Labute approximate surface area is 212 Å². The van der Waals surface area contributed by atoms with Gasteiger partial charge in [0.25, 0.3) is 5.91 Å². The molecule has 7 heteroatoms. The number of hydrogen-bond donors (Lipinski definition) is 1. The lowest BCUT2D eigenvalue weighted by Gasteiger charge is -2.11. The molecule has 3 aromatic carbocycles. The number of nitrogens with zero attached hydrogens (tertiary/aromatic N) is 2. The van der Waals surface area contributed by atoms with Crippen LogP contribution in [0.15, 0.2) is 88.4 Å². The van der Waals surface area contributed by atoms with E-state index in [0.717, 1.165) is 38.4 Å². The lowest BCUT2D eigenvalue weighted by Crippen LogP contribution is -2.17. The first kappa shape index (κ1) is 23.8. The van der Waals surface area contributed by atoms with E-state index in [-0.39, 0.29) is 5.91 Å². The second kappa shape index (κ2) is 10.7. The highest BCUT2D eigenvalue weighted by molar-refractivity contribution is 9.10. The van der Waals surface area contributed by atoms with Crippen molar-refractivity contribution in [3.63, 3.8) is 0 Å². The lowest BCUT2D eigenvalue weighted by atomic mass is 10.2. The van der Waals surface area contributed by atoms with Crippen molar-refractivity contribution < 1.29 is 9.53 Å². The van der Waals surface area contributed by atoms with Gasteiger partial charge in [-0.2, -0.15) is 5.10 Å². The molecule has 0 unspecified atom stereocenters. The van der Waals surface area contributed by atoms with Crippen LogP contribution in [-0.4, -0.2) is 16.7 Å². The Morgan fingerprint density at radius 3 is 2.38 bits per heavy atom. The Kier molecular flexibility index (Phi) is 7.50. The van der Waals surface area contributed by atoms with E-state index in [1.54, 1.807) is 30.5 Å². The molecule has 0 saturated heterocycles. The third kappa shape index (κ3) is 5.76. The predicted octanol–water partition coefficient (Wildman–Crippen LogP) is 6.85. The molecule has 0 fully saturated rings. The second-order valence-electron chi connectivity index (χ2n) is 7.78. The summed E-state index contributed by atoms with van der Waals surface area (Å²) in [5.41, 5.74) is 8.19. The average Bonchev–Trinajstić information content (AvgIpc) is 3.12. The zero-order valence-corrected chi connectivity index (χ0v) is 21.1. The molecule has 0 aliphatic heterocycles. The topological polar surface area (TPSA) is 55.6 Å². The number of aryl methyl sites for hydroxylation is 1. The number of hydrogen-bond acceptors (Lipinski definition) is 3. The third-order valence-corrected chi connectivity index (χ3v) is 6.14. The largest absolute Gasteiger partial charge is 0.489 e. The summed E-state index contributed by atoms with van der Waals surface area (Å²) in [6.45, 7) is 4.57. The summed E-state index contributed by atoms with van der Waals surface area (Å²) in [5.74, 6) is 0.515. The Balaban J connectivity index is 1.42. The van der Waals surface area contributed by atoms with Gasteiger partial charge >= 0.3 is 0 Å². The maximum atomic E-state index is 12.2.